The van der Waals surface area contributed by atoms with Crippen LogP contribution in [0, 0.1) is 5.82 Å². The fraction of sp³-hybridized carbons (Fsp3) is 0.525. The van der Waals surface area contributed by atoms with E-state index in [0.717, 1.165) is 144 Å². The van der Waals surface area contributed by atoms with Gasteiger partial charge < -0.3 is 46.5 Å². The number of carbonyl (C=O) groups is 4. The first-order valence-electron chi connectivity index (χ1n) is 28.6. The monoisotopic (exact) mass is 1100 g/mol. The van der Waals surface area contributed by atoms with Crippen LogP contribution in [0.4, 0.5) is 15.8 Å². The number of nitrogens with one attached hydrogen (secondary N) is 6. The van der Waals surface area contributed by atoms with Gasteiger partial charge in [0.1, 0.15) is 5.82 Å². The number of rotatable bonds is 23. The van der Waals surface area contributed by atoms with E-state index < -0.39 is 5.97 Å². The third-order valence-corrected chi connectivity index (χ3v) is 15.0. The number of anilines is 2. The summed E-state index contributed by atoms with van der Waals surface area (Å²) in [6.07, 6.45) is 8.59. The maximum atomic E-state index is 15.0. The van der Waals surface area contributed by atoms with E-state index in [2.05, 4.69) is 66.9 Å². The number of nitrogens with zero attached hydrogens (tertiary/aromatic N) is 7. The highest BCUT2D eigenvalue weighted by Gasteiger charge is 2.25. The van der Waals surface area contributed by atoms with Gasteiger partial charge in [0.25, 0.3) is 0 Å². The van der Waals surface area contributed by atoms with Gasteiger partial charge >= 0.3 is 5.97 Å². The predicted octanol–water partition coefficient (Wildman–Crippen LogP) is 7.00. The number of aliphatic carboxylic acids is 1. The number of carboxylic acid groups (broad SMARTS) is 1. The number of aryl methyl sites for hydroxylation is 4. The highest BCUT2D eigenvalue weighted by atomic mass is 19.1. The molecule has 3 amide bonds. The van der Waals surface area contributed by atoms with Gasteiger partial charge in [-0.25, -0.2) is 23.7 Å². The van der Waals surface area contributed by atoms with Gasteiger partial charge in [-0.1, -0.05) is 38.1 Å². The number of aromatic nitrogens is 6. The Kier molecular flexibility index (Phi) is 21.3. The minimum atomic E-state index is -0.980. The molecule has 80 heavy (non-hydrogen) atoms. The van der Waals surface area contributed by atoms with E-state index in [4.69, 9.17) is 24.5 Å². The average Bonchev–Trinajstić information content (AvgIpc) is 4.10. The Morgan fingerprint density at radius 1 is 0.688 bits per heavy atom. The van der Waals surface area contributed by atoms with E-state index in [-0.39, 0.29) is 67.9 Å². The fourth-order valence-electron chi connectivity index (χ4n) is 10.6. The Hall–Kier alpha value is -7.07. The van der Waals surface area contributed by atoms with E-state index in [9.17, 15) is 19.2 Å². The van der Waals surface area contributed by atoms with Crippen LogP contribution in [0.25, 0.3) is 33.2 Å². The van der Waals surface area contributed by atoms with Gasteiger partial charge in [-0.3, -0.25) is 24.1 Å². The number of hydrogen-bond acceptors (Lipinski definition) is 14. The molecular formula is C59H80FN13O7. The molecule has 9 rings (SSSR count). The number of halogens is 1. The van der Waals surface area contributed by atoms with E-state index >= 15 is 4.39 Å². The SMILES string of the molecule is CCc1nc2c(cnn2CC)c(NC2CCOCC2)c1CNC(=O)CCC(=O)NCc1ccc(F)c(-c2cccc(CN3CCN[C@@H](C)C3)c2)c1.CCc1nc2c(cnn2CC)c(NC2CCOCC2)c1CNC(=O)CCC(=O)O. The summed E-state index contributed by atoms with van der Waals surface area (Å²) >= 11 is 0. The van der Waals surface area contributed by atoms with Crippen LogP contribution in [-0.4, -0.2) is 127 Å². The predicted molar refractivity (Wildman–Crippen MR) is 306 cm³/mol. The molecule has 20 nitrogen and oxygen atoms in total. The summed E-state index contributed by atoms with van der Waals surface area (Å²) in [4.78, 5) is 60.8. The van der Waals surface area contributed by atoms with Gasteiger partial charge in [0.2, 0.25) is 17.7 Å². The third-order valence-electron chi connectivity index (χ3n) is 15.0. The van der Waals surface area contributed by atoms with Crippen molar-refractivity contribution in [3.8, 4) is 11.1 Å². The molecule has 3 aliphatic rings. The maximum Gasteiger partial charge on any atom is 0.303 e. The molecule has 0 unspecified atom stereocenters. The van der Waals surface area contributed by atoms with E-state index in [1.165, 1.54) is 6.07 Å². The lowest BCUT2D eigenvalue weighted by atomic mass is 10.00. The van der Waals surface area contributed by atoms with Crippen molar-refractivity contribution in [3.05, 3.63) is 94.3 Å². The highest BCUT2D eigenvalue weighted by Crippen LogP contribution is 2.33. The zero-order valence-corrected chi connectivity index (χ0v) is 47.1. The maximum absolute atomic E-state index is 15.0. The van der Waals surface area contributed by atoms with Crippen molar-refractivity contribution < 1.29 is 38.1 Å². The minimum absolute atomic E-state index is 0.0387. The lowest BCUT2D eigenvalue weighted by Gasteiger charge is -2.31. The molecule has 0 saturated carbocycles. The first-order valence-corrected chi connectivity index (χ1v) is 28.6. The first-order chi connectivity index (χ1) is 38.8. The topological polar surface area (TPSA) is 244 Å². The molecule has 0 bridgehead atoms. The van der Waals surface area contributed by atoms with E-state index in [1.807, 2.05) is 60.7 Å². The Morgan fingerprint density at radius 3 is 1.71 bits per heavy atom. The van der Waals surface area contributed by atoms with Gasteiger partial charge in [0, 0.05) is 151 Å². The normalized spacial score (nSPS) is 16.2. The first kappa shape index (κ1) is 59.1. The molecule has 3 fully saturated rings. The summed E-state index contributed by atoms with van der Waals surface area (Å²) in [7, 11) is 0. The number of benzene rings is 2. The number of pyridine rings is 2. The fourth-order valence-corrected chi connectivity index (χ4v) is 10.6. The number of fused-ring (bicyclic) bond motifs is 2. The summed E-state index contributed by atoms with van der Waals surface area (Å²) in [6, 6.07) is 13.9. The van der Waals surface area contributed by atoms with Crippen LogP contribution >= 0.6 is 0 Å². The quantitative estimate of drug-likeness (QED) is 0.0342. The third kappa shape index (κ3) is 15.6. The molecule has 7 heterocycles. The van der Waals surface area contributed by atoms with Crippen molar-refractivity contribution in [2.75, 3.05) is 56.7 Å². The summed E-state index contributed by atoms with van der Waals surface area (Å²) in [5.74, 6) is -2.02. The molecular weight excluding hydrogens is 1020 g/mol. The lowest BCUT2D eigenvalue weighted by molar-refractivity contribution is -0.138. The zero-order chi connectivity index (χ0) is 56.5. The lowest BCUT2D eigenvalue weighted by Crippen LogP contribution is -2.48. The van der Waals surface area contributed by atoms with Crippen molar-refractivity contribution in [3.63, 3.8) is 0 Å². The standard InChI is InChI=1S/C39H51FN8O3.C20H29N5O4/c1-4-35-32(38(45-30-13-17-51-18-14-30)33-23-44-48(5-2)39(33)46-35)22-43-37(50)12-11-36(49)42-21-27-9-10-34(40)31(20-27)29-8-6-7-28(19-29)25-47-16-15-41-26(3)24-47;1-3-16-14(11-21-17(26)5-6-18(27)28)19(23-13-7-9-29-10-8-13)15-12-22-25(4-2)20(15)24-16/h6-10,19-20,23,26,30,41H,4-5,11-18,21-22,24-25H2,1-3H3,(H,42,49)(H,43,50)(H,45,46);12-13H,3-11H2,1-2H3,(H,21,26)(H,23,24)(H,27,28)/t26-;/m0./s1. The molecule has 3 saturated heterocycles. The molecule has 6 aromatic rings. The Labute approximate surface area is 467 Å². The van der Waals surface area contributed by atoms with Crippen molar-refractivity contribution in [1.82, 2.24) is 55.7 Å². The molecule has 0 aliphatic carbocycles. The molecule has 0 spiro atoms. The zero-order valence-electron chi connectivity index (χ0n) is 47.1. The number of carboxylic acids is 1. The molecule has 4 aromatic heterocycles. The second-order valence-electron chi connectivity index (χ2n) is 20.8. The molecule has 3 aliphatic heterocycles. The minimum Gasteiger partial charge on any atom is -0.481 e. The summed E-state index contributed by atoms with van der Waals surface area (Å²) in [5.41, 5.74) is 10.5. The van der Waals surface area contributed by atoms with E-state index in [0.29, 0.717) is 57.3 Å². The molecule has 2 aromatic carbocycles. The number of hydrogen-bond donors (Lipinski definition) is 7. The summed E-state index contributed by atoms with van der Waals surface area (Å²) in [6.45, 7) is 19.2. The molecule has 0 radical (unpaired) electrons. The van der Waals surface area contributed by atoms with E-state index in [1.54, 1.807) is 12.1 Å². The van der Waals surface area contributed by atoms with Gasteiger partial charge in [0.15, 0.2) is 11.3 Å². The Balaban J connectivity index is 0.000000245. The number of amides is 3. The van der Waals surface area contributed by atoms with Gasteiger partial charge in [-0.2, -0.15) is 10.2 Å². The van der Waals surface area contributed by atoms with Crippen molar-refractivity contribution >= 4 is 57.1 Å². The number of ether oxygens (including phenoxy) is 2. The van der Waals surface area contributed by atoms with Crippen LogP contribution < -0.4 is 31.9 Å². The summed E-state index contributed by atoms with van der Waals surface area (Å²) in [5, 5.41) is 39.3. The average molecular weight is 1100 g/mol. The highest BCUT2D eigenvalue weighted by molar-refractivity contribution is 5.93. The second-order valence-corrected chi connectivity index (χ2v) is 20.8. The number of carbonyl (C=O) groups excluding carboxylic acids is 3. The van der Waals surface area contributed by atoms with Crippen LogP contribution in [0.2, 0.25) is 0 Å². The Bertz CT molecular complexity index is 3080. The second kappa shape index (κ2) is 28.9. The molecule has 7 N–H and O–H groups in total. The smallest absolute Gasteiger partial charge is 0.303 e. The van der Waals surface area contributed by atoms with Gasteiger partial charge in [-0.15, -0.1) is 0 Å². The van der Waals surface area contributed by atoms with Crippen LogP contribution in [0.5, 0.6) is 0 Å². The van der Waals surface area contributed by atoms with Gasteiger partial charge in [0.05, 0.1) is 41.0 Å². The van der Waals surface area contributed by atoms with Crippen molar-refractivity contribution in [1.29, 1.82) is 0 Å². The molecule has 21 heteroatoms. The van der Waals surface area contributed by atoms with Crippen molar-refractivity contribution in [2.24, 2.45) is 0 Å². The largest absolute Gasteiger partial charge is 0.481 e. The van der Waals surface area contributed by atoms with Crippen LogP contribution in [0.3, 0.4) is 0 Å². The van der Waals surface area contributed by atoms with Crippen LogP contribution in [0.1, 0.15) is 120 Å². The summed E-state index contributed by atoms with van der Waals surface area (Å²) < 4.78 is 29.8. The van der Waals surface area contributed by atoms with Crippen LogP contribution in [0.15, 0.2) is 54.9 Å². The Morgan fingerprint density at radius 2 is 1.21 bits per heavy atom. The molecule has 430 valence electrons. The number of piperazine rings is 1. The molecule has 1 atom stereocenters. The van der Waals surface area contributed by atoms with Crippen LogP contribution in [-0.2, 0) is 80.8 Å². The van der Waals surface area contributed by atoms with Crippen molar-refractivity contribution in [2.45, 2.75) is 156 Å². The van der Waals surface area contributed by atoms with Gasteiger partial charge in [-0.05, 0) is 94.2 Å².